The third kappa shape index (κ3) is 3.60. The molecule has 1 aromatic heterocycles. The summed E-state index contributed by atoms with van der Waals surface area (Å²) in [5.41, 5.74) is 0. The number of benzene rings is 1. The van der Waals surface area contributed by atoms with E-state index in [0.29, 0.717) is 24.4 Å². The first-order valence-corrected chi connectivity index (χ1v) is 8.74. The number of hydrogen-bond donors (Lipinski definition) is 0. The van der Waals surface area contributed by atoms with E-state index in [1.165, 1.54) is 12.8 Å². The predicted octanol–water partition coefficient (Wildman–Crippen LogP) is 2.62. The van der Waals surface area contributed by atoms with Crippen molar-refractivity contribution in [2.75, 3.05) is 26.3 Å². The lowest BCUT2D eigenvalue weighted by Gasteiger charge is -2.33. The molecule has 2 saturated heterocycles. The molecule has 0 radical (unpaired) electrons. The highest BCUT2D eigenvalue weighted by molar-refractivity contribution is 5.20. The minimum Gasteiger partial charge on any atom is -0.494 e. The molecule has 0 unspecified atom stereocenters. The van der Waals surface area contributed by atoms with Crippen molar-refractivity contribution in [1.82, 2.24) is 15.0 Å². The van der Waals surface area contributed by atoms with E-state index < -0.39 is 0 Å². The molecule has 2 aliphatic rings. The molecule has 2 atom stereocenters. The number of hydrogen-bond acceptors (Lipinski definition) is 6. The highest BCUT2D eigenvalue weighted by atomic mass is 16.5. The van der Waals surface area contributed by atoms with Gasteiger partial charge in [-0.15, -0.1) is 0 Å². The molecule has 1 aromatic carbocycles. The van der Waals surface area contributed by atoms with Gasteiger partial charge in [0, 0.05) is 19.0 Å². The number of para-hydroxylation sites is 1. The van der Waals surface area contributed by atoms with Gasteiger partial charge in [0.2, 0.25) is 11.7 Å². The molecule has 0 saturated carbocycles. The van der Waals surface area contributed by atoms with Crippen molar-refractivity contribution in [2.45, 2.75) is 37.8 Å². The molecule has 0 amide bonds. The number of rotatable bonds is 6. The Morgan fingerprint density at radius 1 is 1.25 bits per heavy atom. The number of fused-ring (bicyclic) bond motifs is 1. The Bertz CT molecular complexity index is 646. The molecule has 0 spiro atoms. The lowest BCUT2D eigenvalue weighted by atomic mass is 10.2. The topological polar surface area (TPSA) is 60.6 Å². The lowest BCUT2D eigenvalue weighted by Crippen LogP contribution is -2.42. The minimum atomic E-state index is -0.0579. The summed E-state index contributed by atoms with van der Waals surface area (Å²) in [5, 5.41) is 4.11. The highest BCUT2D eigenvalue weighted by Crippen LogP contribution is 2.28. The summed E-state index contributed by atoms with van der Waals surface area (Å²) in [7, 11) is 0. The third-order valence-electron chi connectivity index (χ3n) is 4.71. The van der Waals surface area contributed by atoms with Gasteiger partial charge in [-0.3, -0.25) is 4.90 Å². The van der Waals surface area contributed by atoms with Gasteiger partial charge in [-0.05, 0) is 37.9 Å². The number of aryl methyl sites for hydroxylation is 1. The molecule has 24 heavy (non-hydrogen) atoms. The maximum atomic E-state index is 5.92. The van der Waals surface area contributed by atoms with Crippen LogP contribution in [0.2, 0.25) is 0 Å². The van der Waals surface area contributed by atoms with Crippen molar-refractivity contribution in [1.29, 1.82) is 0 Å². The smallest absolute Gasteiger partial charge is 0.226 e. The van der Waals surface area contributed by atoms with E-state index in [1.54, 1.807) is 0 Å². The van der Waals surface area contributed by atoms with Crippen LogP contribution in [0.25, 0.3) is 0 Å². The Kier molecular flexibility index (Phi) is 4.76. The van der Waals surface area contributed by atoms with Gasteiger partial charge in [0.15, 0.2) is 0 Å². The largest absolute Gasteiger partial charge is 0.494 e. The Morgan fingerprint density at radius 3 is 3.08 bits per heavy atom. The van der Waals surface area contributed by atoms with Crippen LogP contribution in [0.3, 0.4) is 0 Å². The first-order valence-electron chi connectivity index (χ1n) is 8.74. The van der Waals surface area contributed by atoms with Crippen molar-refractivity contribution in [2.24, 2.45) is 0 Å². The molecule has 2 aliphatic heterocycles. The van der Waals surface area contributed by atoms with Gasteiger partial charge in [0.1, 0.15) is 11.9 Å². The van der Waals surface area contributed by atoms with E-state index in [4.69, 9.17) is 14.0 Å². The van der Waals surface area contributed by atoms with Crippen molar-refractivity contribution in [3.8, 4) is 5.75 Å². The standard InChI is InChI=1S/C18H23N3O3/c1-2-7-15(8-3-1)22-11-5-9-17-19-18(20-24-17)16-12-21-10-4-6-14(21)13-23-16/h1-3,7-8,14,16H,4-6,9-13H2/t14-,16+/m0/s1. The Balaban J connectivity index is 1.24. The predicted molar refractivity (Wildman–Crippen MR) is 87.8 cm³/mol. The second-order valence-electron chi connectivity index (χ2n) is 6.42. The fraction of sp³-hybridized carbons (Fsp3) is 0.556. The molecular weight excluding hydrogens is 306 g/mol. The summed E-state index contributed by atoms with van der Waals surface area (Å²) in [5.74, 6) is 2.23. The fourth-order valence-electron chi connectivity index (χ4n) is 3.40. The SMILES string of the molecule is c1ccc(OCCCc2nc([C@H]3CN4CCC[C@H]4CO3)no2)cc1. The monoisotopic (exact) mass is 329 g/mol. The Hall–Kier alpha value is -1.92. The summed E-state index contributed by atoms with van der Waals surface area (Å²) in [6.07, 6.45) is 4.01. The summed E-state index contributed by atoms with van der Waals surface area (Å²) in [6, 6.07) is 10.4. The Morgan fingerprint density at radius 2 is 2.17 bits per heavy atom. The van der Waals surface area contributed by atoms with Gasteiger partial charge in [0.05, 0.1) is 13.2 Å². The molecule has 0 bridgehead atoms. The van der Waals surface area contributed by atoms with Gasteiger partial charge >= 0.3 is 0 Å². The molecule has 128 valence electrons. The van der Waals surface area contributed by atoms with Crippen LogP contribution in [0, 0.1) is 0 Å². The number of aromatic nitrogens is 2. The number of nitrogens with zero attached hydrogens (tertiary/aromatic N) is 3. The average molecular weight is 329 g/mol. The third-order valence-corrected chi connectivity index (χ3v) is 4.71. The van der Waals surface area contributed by atoms with Gasteiger partial charge in [-0.1, -0.05) is 23.4 Å². The maximum absolute atomic E-state index is 5.92. The second-order valence-corrected chi connectivity index (χ2v) is 6.42. The van der Waals surface area contributed by atoms with Crippen LogP contribution < -0.4 is 4.74 Å². The lowest BCUT2D eigenvalue weighted by molar-refractivity contribution is -0.0548. The highest BCUT2D eigenvalue weighted by Gasteiger charge is 2.34. The second kappa shape index (κ2) is 7.32. The van der Waals surface area contributed by atoms with Gasteiger partial charge in [-0.2, -0.15) is 4.98 Å². The zero-order chi connectivity index (χ0) is 16.2. The first-order chi connectivity index (χ1) is 11.9. The Labute approximate surface area is 141 Å². The normalized spacial score (nSPS) is 24.0. The molecule has 4 rings (SSSR count). The summed E-state index contributed by atoms with van der Waals surface area (Å²) >= 11 is 0. The fourth-order valence-corrected chi connectivity index (χ4v) is 3.40. The van der Waals surface area contributed by atoms with Gasteiger partial charge < -0.3 is 14.0 Å². The zero-order valence-corrected chi connectivity index (χ0v) is 13.8. The maximum Gasteiger partial charge on any atom is 0.226 e. The van der Waals surface area contributed by atoms with E-state index in [2.05, 4.69) is 15.0 Å². The molecule has 2 fully saturated rings. The molecule has 6 nitrogen and oxygen atoms in total. The number of morpholine rings is 1. The number of ether oxygens (including phenoxy) is 2. The van der Waals surface area contributed by atoms with Crippen LogP contribution in [-0.4, -0.2) is 47.4 Å². The van der Waals surface area contributed by atoms with E-state index in [0.717, 1.165) is 38.3 Å². The van der Waals surface area contributed by atoms with Crippen LogP contribution in [0.5, 0.6) is 5.75 Å². The van der Waals surface area contributed by atoms with Gasteiger partial charge in [-0.25, -0.2) is 0 Å². The van der Waals surface area contributed by atoms with Crippen molar-refractivity contribution in [3.63, 3.8) is 0 Å². The quantitative estimate of drug-likeness (QED) is 0.759. The summed E-state index contributed by atoms with van der Waals surface area (Å²) in [4.78, 5) is 6.99. The zero-order valence-electron chi connectivity index (χ0n) is 13.8. The molecular formula is C18H23N3O3. The van der Waals surface area contributed by atoms with Crippen LogP contribution in [0.4, 0.5) is 0 Å². The molecule has 3 heterocycles. The van der Waals surface area contributed by atoms with Crippen LogP contribution >= 0.6 is 0 Å². The molecule has 0 aliphatic carbocycles. The summed E-state index contributed by atoms with van der Waals surface area (Å²) in [6.45, 7) is 3.45. The van der Waals surface area contributed by atoms with E-state index in [9.17, 15) is 0 Å². The minimum absolute atomic E-state index is 0.0579. The molecule has 6 heteroatoms. The van der Waals surface area contributed by atoms with E-state index >= 15 is 0 Å². The van der Waals surface area contributed by atoms with Crippen molar-refractivity contribution in [3.05, 3.63) is 42.0 Å². The van der Waals surface area contributed by atoms with Crippen molar-refractivity contribution >= 4 is 0 Å². The van der Waals surface area contributed by atoms with Crippen LogP contribution in [0.15, 0.2) is 34.9 Å². The summed E-state index contributed by atoms with van der Waals surface area (Å²) < 4.78 is 17.0. The molecule has 2 aromatic rings. The van der Waals surface area contributed by atoms with Gasteiger partial charge in [0.25, 0.3) is 0 Å². The first kappa shape index (κ1) is 15.6. The van der Waals surface area contributed by atoms with Crippen LogP contribution in [0.1, 0.15) is 37.1 Å². The van der Waals surface area contributed by atoms with Crippen LogP contribution in [-0.2, 0) is 11.2 Å². The average Bonchev–Trinajstić information content (AvgIpc) is 3.28. The molecule has 0 N–H and O–H groups in total. The van der Waals surface area contributed by atoms with E-state index in [1.807, 2.05) is 30.3 Å². The van der Waals surface area contributed by atoms with E-state index in [-0.39, 0.29) is 6.10 Å². The van der Waals surface area contributed by atoms with Crippen molar-refractivity contribution < 1.29 is 14.0 Å².